The van der Waals surface area contributed by atoms with Crippen molar-refractivity contribution in [3.8, 4) is 0 Å². The maximum Gasteiger partial charge on any atom is 0.208 e. The number of oxazole rings is 1. The zero-order valence-electron chi connectivity index (χ0n) is 9.13. The van der Waals surface area contributed by atoms with Gasteiger partial charge in [0.2, 0.25) is 5.89 Å². The van der Waals surface area contributed by atoms with Crippen molar-refractivity contribution < 1.29 is 4.42 Å². The highest BCUT2D eigenvalue weighted by Crippen LogP contribution is 2.26. The van der Waals surface area contributed by atoms with Gasteiger partial charge in [-0.3, -0.25) is 0 Å². The Balaban J connectivity index is 1.80. The highest BCUT2D eigenvalue weighted by molar-refractivity contribution is 5.05. The zero-order valence-corrected chi connectivity index (χ0v) is 9.13. The molecule has 1 aliphatic carbocycles. The maximum absolute atomic E-state index is 5.49. The number of hydrogen-bond donors (Lipinski definition) is 1. The van der Waals surface area contributed by atoms with Gasteiger partial charge in [0, 0.05) is 6.04 Å². The largest absolute Gasteiger partial charge is 0.444 e. The predicted molar refractivity (Wildman–Crippen MR) is 55.0 cm³/mol. The van der Waals surface area contributed by atoms with Crippen LogP contribution in [0.1, 0.15) is 37.1 Å². The first-order valence-corrected chi connectivity index (χ1v) is 5.31. The van der Waals surface area contributed by atoms with Crippen LogP contribution in [0, 0.1) is 19.8 Å². The summed E-state index contributed by atoms with van der Waals surface area (Å²) >= 11 is 0. The summed E-state index contributed by atoms with van der Waals surface area (Å²) in [5.41, 5.74) is 1.00. The van der Waals surface area contributed by atoms with Crippen molar-refractivity contribution in [2.24, 2.45) is 5.92 Å². The van der Waals surface area contributed by atoms with Crippen molar-refractivity contribution in [2.45, 2.75) is 46.2 Å². The highest BCUT2D eigenvalue weighted by Gasteiger charge is 2.24. The fourth-order valence-electron chi connectivity index (χ4n) is 1.92. The van der Waals surface area contributed by atoms with Gasteiger partial charge in [-0.25, -0.2) is 4.98 Å². The Hall–Kier alpha value is -0.830. The van der Waals surface area contributed by atoms with Crippen molar-refractivity contribution in [1.82, 2.24) is 10.3 Å². The predicted octanol–water partition coefficient (Wildman–Crippen LogP) is 2.18. The number of rotatable bonds is 3. The summed E-state index contributed by atoms with van der Waals surface area (Å²) in [6.07, 6.45) is 2.58. The van der Waals surface area contributed by atoms with Crippen LogP contribution in [0.3, 0.4) is 0 Å². The third kappa shape index (κ3) is 1.98. The number of aryl methyl sites for hydroxylation is 2. The molecule has 1 aliphatic rings. The van der Waals surface area contributed by atoms with Crippen molar-refractivity contribution >= 4 is 0 Å². The Morgan fingerprint density at radius 2 is 2.14 bits per heavy atom. The van der Waals surface area contributed by atoms with Crippen molar-refractivity contribution in [1.29, 1.82) is 0 Å². The summed E-state index contributed by atoms with van der Waals surface area (Å²) in [6.45, 7) is 6.99. The molecule has 1 fully saturated rings. The van der Waals surface area contributed by atoms with Crippen molar-refractivity contribution in [3.63, 3.8) is 0 Å². The molecule has 14 heavy (non-hydrogen) atoms. The third-order valence-electron chi connectivity index (χ3n) is 2.99. The van der Waals surface area contributed by atoms with Gasteiger partial charge in [0.15, 0.2) is 0 Å². The molecule has 0 radical (unpaired) electrons. The molecule has 0 spiro atoms. The molecule has 2 rings (SSSR count). The quantitative estimate of drug-likeness (QED) is 0.801. The van der Waals surface area contributed by atoms with Gasteiger partial charge in [0.1, 0.15) is 5.76 Å². The molecule has 0 aliphatic heterocycles. The van der Waals surface area contributed by atoms with E-state index in [-0.39, 0.29) is 0 Å². The molecule has 0 bridgehead atoms. The lowest BCUT2D eigenvalue weighted by molar-refractivity contribution is 0.233. The molecule has 3 heteroatoms. The van der Waals surface area contributed by atoms with E-state index in [1.54, 1.807) is 0 Å². The molecule has 0 atom stereocenters. The smallest absolute Gasteiger partial charge is 0.208 e. The minimum Gasteiger partial charge on any atom is -0.444 e. The van der Waals surface area contributed by atoms with E-state index < -0.39 is 0 Å². The summed E-state index contributed by atoms with van der Waals surface area (Å²) in [4.78, 5) is 4.33. The van der Waals surface area contributed by atoms with Crippen LogP contribution in [0.25, 0.3) is 0 Å². The van der Waals surface area contributed by atoms with Crippen LogP contribution in [0.15, 0.2) is 4.42 Å². The fraction of sp³-hybridized carbons (Fsp3) is 0.727. The van der Waals surface area contributed by atoms with E-state index in [0.29, 0.717) is 6.04 Å². The molecule has 1 N–H and O–H groups in total. The Morgan fingerprint density at radius 3 is 2.64 bits per heavy atom. The Morgan fingerprint density at radius 1 is 1.43 bits per heavy atom. The monoisotopic (exact) mass is 194 g/mol. The van der Waals surface area contributed by atoms with Gasteiger partial charge in [-0.05, 0) is 32.6 Å². The Kier molecular flexibility index (Phi) is 2.59. The molecule has 0 aromatic carbocycles. The van der Waals surface area contributed by atoms with Gasteiger partial charge < -0.3 is 9.73 Å². The van der Waals surface area contributed by atoms with Crippen LogP contribution in [-0.2, 0) is 6.54 Å². The molecule has 1 aromatic heterocycles. The normalized spacial score (nSPS) is 26.2. The second kappa shape index (κ2) is 3.73. The van der Waals surface area contributed by atoms with E-state index in [4.69, 9.17) is 4.42 Å². The number of aromatic nitrogens is 1. The minimum absolute atomic E-state index is 0.678. The van der Waals surface area contributed by atoms with Gasteiger partial charge in [-0.2, -0.15) is 0 Å². The van der Waals surface area contributed by atoms with E-state index in [2.05, 4.69) is 17.2 Å². The molecule has 0 saturated heterocycles. The van der Waals surface area contributed by atoms with Crippen LogP contribution in [0.4, 0.5) is 0 Å². The van der Waals surface area contributed by atoms with Crippen molar-refractivity contribution in [2.75, 3.05) is 0 Å². The topological polar surface area (TPSA) is 38.1 Å². The van der Waals surface area contributed by atoms with Gasteiger partial charge in [0.25, 0.3) is 0 Å². The summed E-state index contributed by atoms with van der Waals surface area (Å²) in [5, 5.41) is 3.45. The van der Waals surface area contributed by atoms with E-state index in [1.165, 1.54) is 12.8 Å². The van der Waals surface area contributed by atoms with E-state index in [0.717, 1.165) is 29.8 Å². The summed E-state index contributed by atoms with van der Waals surface area (Å²) in [5.74, 6) is 2.64. The van der Waals surface area contributed by atoms with E-state index in [9.17, 15) is 0 Å². The average Bonchev–Trinajstić information content (AvgIpc) is 2.39. The standard InChI is InChI=1S/C11H18N2O/c1-7-4-10(5-7)12-6-11-13-8(2)9(3)14-11/h7,10,12H,4-6H2,1-3H3. The third-order valence-corrected chi connectivity index (χ3v) is 2.99. The lowest BCUT2D eigenvalue weighted by atomic mass is 9.82. The average molecular weight is 194 g/mol. The summed E-state index contributed by atoms with van der Waals surface area (Å²) < 4.78 is 5.49. The zero-order chi connectivity index (χ0) is 10.1. The van der Waals surface area contributed by atoms with Gasteiger partial charge in [0.05, 0.1) is 12.2 Å². The maximum atomic E-state index is 5.49. The lowest BCUT2D eigenvalue weighted by Gasteiger charge is -2.33. The molecule has 3 nitrogen and oxygen atoms in total. The first-order valence-electron chi connectivity index (χ1n) is 5.31. The number of nitrogens with one attached hydrogen (secondary N) is 1. The van der Waals surface area contributed by atoms with Gasteiger partial charge in [-0.1, -0.05) is 6.92 Å². The van der Waals surface area contributed by atoms with Gasteiger partial charge >= 0.3 is 0 Å². The molecule has 0 amide bonds. The van der Waals surface area contributed by atoms with Crippen LogP contribution >= 0.6 is 0 Å². The van der Waals surface area contributed by atoms with Crippen LogP contribution in [0.5, 0.6) is 0 Å². The molecular formula is C11H18N2O. The summed E-state index contributed by atoms with van der Waals surface area (Å²) in [7, 11) is 0. The molecule has 1 heterocycles. The molecule has 1 aromatic rings. The first-order chi connectivity index (χ1) is 6.65. The second-order valence-electron chi connectivity index (χ2n) is 4.40. The van der Waals surface area contributed by atoms with E-state index in [1.807, 2.05) is 13.8 Å². The van der Waals surface area contributed by atoms with Gasteiger partial charge in [-0.15, -0.1) is 0 Å². The van der Waals surface area contributed by atoms with Crippen molar-refractivity contribution in [3.05, 3.63) is 17.3 Å². The Bertz CT molecular complexity index is 294. The minimum atomic E-state index is 0.678. The number of hydrogen-bond acceptors (Lipinski definition) is 3. The Labute approximate surface area is 84.9 Å². The number of nitrogens with zero attached hydrogens (tertiary/aromatic N) is 1. The molecule has 0 unspecified atom stereocenters. The van der Waals surface area contributed by atoms with Crippen LogP contribution in [0.2, 0.25) is 0 Å². The summed E-state index contributed by atoms with van der Waals surface area (Å²) in [6, 6.07) is 0.678. The molecule has 78 valence electrons. The first kappa shape index (κ1) is 9.71. The molecular weight excluding hydrogens is 176 g/mol. The van der Waals surface area contributed by atoms with Crippen LogP contribution < -0.4 is 5.32 Å². The van der Waals surface area contributed by atoms with Crippen LogP contribution in [-0.4, -0.2) is 11.0 Å². The fourth-order valence-corrected chi connectivity index (χ4v) is 1.92. The van der Waals surface area contributed by atoms with E-state index >= 15 is 0 Å². The second-order valence-corrected chi connectivity index (χ2v) is 4.40. The lowest BCUT2D eigenvalue weighted by Crippen LogP contribution is -2.39. The molecule has 1 saturated carbocycles. The highest BCUT2D eigenvalue weighted by atomic mass is 16.4. The SMILES string of the molecule is Cc1nc(CNC2CC(C)C2)oc1C.